The van der Waals surface area contributed by atoms with E-state index in [-0.39, 0.29) is 0 Å². The van der Waals surface area contributed by atoms with Crippen molar-refractivity contribution in [1.29, 1.82) is 0 Å². The Morgan fingerprint density at radius 2 is 1.11 bits per heavy atom. The second-order valence-electron chi connectivity index (χ2n) is 9.03. The van der Waals surface area contributed by atoms with Crippen molar-refractivity contribution >= 4 is 22.7 Å². The molecular formula is C28H30N6S. The minimum atomic E-state index is 0.978. The molecule has 35 heavy (non-hydrogen) atoms. The number of nitrogens with zero attached hydrogens (tertiary/aromatic N) is 4. The second kappa shape index (κ2) is 10.2. The number of hydrogen-bond acceptors (Lipinski definition) is 7. The number of benzene rings is 2. The highest BCUT2D eigenvalue weighted by Crippen LogP contribution is 2.32. The third-order valence-corrected chi connectivity index (χ3v) is 7.62. The fourth-order valence-electron chi connectivity index (χ4n) is 4.85. The maximum Gasteiger partial charge on any atom is 0.123 e. The number of piperazine rings is 2. The summed E-state index contributed by atoms with van der Waals surface area (Å²) in [5.41, 5.74) is 7.86. The summed E-state index contributed by atoms with van der Waals surface area (Å²) in [4.78, 5) is 14.5. The van der Waals surface area contributed by atoms with E-state index in [1.165, 1.54) is 11.4 Å². The Kier molecular flexibility index (Phi) is 6.45. The van der Waals surface area contributed by atoms with Crippen molar-refractivity contribution < 1.29 is 0 Å². The van der Waals surface area contributed by atoms with Crippen LogP contribution in [-0.2, 0) is 0 Å². The number of thiazole rings is 1. The van der Waals surface area contributed by atoms with E-state index in [4.69, 9.17) is 4.98 Å². The lowest BCUT2D eigenvalue weighted by atomic mass is 10.0. The molecule has 0 radical (unpaired) electrons. The molecule has 0 bridgehead atoms. The highest BCUT2D eigenvalue weighted by Gasteiger charge is 2.14. The van der Waals surface area contributed by atoms with E-state index in [1.54, 1.807) is 11.3 Å². The summed E-state index contributed by atoms with van der Waals surface area (Å²) >= 11 is 1.66. The molecule has 0 saturated carbocycles. The quantitative estimate of drug-likeness (QED) is 0.441. The Labute approximate surface area is 210 Å². The lowest BCUT2D eigenvalue weighted by Gasteiger charge is -2.29. The van der Waals surface area contributed by atoms with Crippen molar-refractivity contribution in [2.75, 3.05) is 62.2 Å². The van der Waals surface area contributed by atoms with Gasteiger partial charge < -0.3 is 20.4 Å². The molecule has 2 aliphatic rings. The Morgan fingerprint density at radius 3 is 1.54 bits per heavy atom. The van der Waals surface area contributed by atoms with Crippen LogP contribution >= 0.6 is 11.3 Å². The lowest BCUT2D eigenvalue weighted by molar-refractivity contribution is 0.589. The fraction of sp³-hybridized carbons (Fsp3) is 0.286. The van der Waals surface area contributed by atoms with Crippen molar-refractivity contribution in [3.05, 3.63) is 72.2 Å². The summed E-state index contributed by atoms with van der Waals surface area (Å²) in [5.74, 6) is 0. The molecule has 4 aromatic rings. The normalized spacial score (nSPS) is 16.5. The molecule has 178 valence electrons. The van der Waals surface area contributed by atoms with Gasteiger partial charge in [0, 0.05) is 92.0 Å². The molecule has 6 rings (SSSR count). The molecule has 0 aliphatic carbocycles. The van der Waals surface area contributed by atoms with E-state index in [2.05, 4.69) is 86.1 Å². The first-order chi connectivity index (χ1) is 17.3. The van der Waals surface area contributed by atoms with Gasteiger partial charge in [-0.3, -0.25) is 0 Å². The van der Waals surface area contributed by atoms with Crippen molar-refractivity contribution in [2.45, 2.75) is 0 Å². The van der Waals surface area contributed by atoms with Gasteiger partial charge in [-0.05, 0) is 36.4 Å². The average molecular weight is 483 g/mol. The number of rotatable bonds is 5. The third-order valence-electron chi connectivity index (χ3n) is 6.80. The SMILES string of the molecule is c1csc(-c2cc(-c3ccc(N4CCNCC4)cc3)nc(-c3ccc(N4CCNCC4)cc3)c2)n1. The predicted octanol–water partition coefficient (Wildman–Crippen LogP) is 4.36. The first-order valence-corrected chi connectivity index (χ1v) is 13.3. The van der Waals surface area contributed by atoms with E-state index >= 15 is 0 Å². The molecule has 2 fully saturated rings. The van der Waals surface area contributed by atoms with E-state index in [0.717, 1.165) is 85.4 Å². The minimum Gasteiger partial charge on any atom is -0.369 e. The summed E-state index contributed by atoms with van der Waals surface area (Å²) in [7, 11) is 0. The van der Waals surface area contributed by atoms with Crippen LogP contribution in [0.2, 0.25) is 0 Å². The topological polar surface area (TPSA) is 56.3 Å². The highest BCUT2D eigenvalue weighted by molar-refractivity contribution is 7.13. The first kappa shape index (κ1) is 22.2. The van der Waals surface area contributed by atoms with Crippen LogP contribution in [0.5, 0.6) is 0 Å². The average Bonchev–Trinajstić information content (AvgIpc) is 3.49. The summed E-state index contributed by atoms with van der Waals surface area (Å²) in [5, 5.41) is 9.89. The largest absolute Gasteiger partial charge is 0.369 e. The summed E-state index contributed by atoms with van der Waals surface area (Å²) in [6.45, 7) is 8.34. The van der Waals surface area contributed by atoms with Crippen LogP contribution in [0.25, 0.3) is 33.1 Å². The summed E-state index contributed by atoms with van der Waals surface area (Å²) < 4.78 is 0. The minimum absolute atomic E-state index is 0.978. The molecule has 4 heterocycles. The Balaban J connectivity index is 1.33. The fourth-order valence-corrected chi connectivity index (χ4v) is 5.47. The predicted molar refractivity (Wildman–Crippen MR) is 146 cm³/mol. The first-order valence-electron chi connectivity index (χ1n) is 12.4. The Hall–Kier alpha value is -3.26. The van der Waals surface area contributed by atoms with Gasteiger partial charge in [0.05, 0.1) is 11.4 Å². The molecule has 2 saturated heterocycles. The summed E-state index contributed by atoms with van der Waals surface area (Å²) in [6, 6.07) is 22.0. The molecular weight excluding hydrogens is 452 g/mol. The highest BCUT2D eigenvalue weighted by atomic mass is 32.1. The third kappa shape index (κ3) is 4.93. The van der Waals surface area contributed by atoms with E-state index < -0.39 is 0 Å². The maximum absolute atomic E-state index is 5.10. The van der Waals surface area contributed by atoms with Crippen LogP contribution in [0.3, 0.4) is 0 Å². The monoisotopic (exact) mass is 482 g/mol. The van der Waals surface area contributed by atoms with Crippen LogP contribution < -0.4 is 20.4 Å². The van der Waals surface area contributed by atoms with Gasteiger partial charge in [-0.15, -0.1) is 11.3 Å². The molecule has 0 spiro atoms. The van der Waals surface area contributed by atoms with Crippen LogP contribution in [0.15, 0.2) is 72.2 Å². The van der Waals surface area contributed by atoms with Crippen LogP contribution in [-0.4, -0.2) is 62.3 Å². The van der Waals surface area contributed by atoms with Gasteiger partial charge in [0.1, 0.15) is 5.01 Å². The zero-order valence-corrected chi connectivity index (χ0v) is 20.6. The van der Waals surface area contributed by atoms with Crippen molar-refractivity contribution in [3.63, 3.8) is 0 Å². The van der Waals surface area contributed by atoms with Crippen molar-refractivity contribution in [1.82, 2.24) is 20.6 Å². The zero-order chi connectivity index (χ0) is 23.5. The molecule has 0 atom stereocenters. The van der Waals surface area contributed by atoms with E-state index in [9.17, 15) is 0 Å². The number of anilines is 2. The molecule has 0 unspecified atom stereocenters. The number of nitrogens with one attached hydrogen (secondary N) is 2. The maximum atomic E-state index is 5.10. The van der Waals surface area contributed by atoms with Gasteiger partial charge in [-0.2, -0.15) is 0 Å². The van der Waals surface area contributed by atoms with Gasteiger partial charge in [0.25, 0.3) is 0 Å². The van der Waals surface area contributed by atoms with Gasteiger partial charge in [-0.25, -0.2) is 9.97 Å². The van der Waals surface area contributed by atoms with Gasteiger partial charge in [0.15, 0.2) is 0 Å². The number of hydrogen-bond donors (Lipinski definition) is 2. The van der Waals surface area contributed by atoms with Crippen molar-refractivity contribution in [3.8, 4) is 33.1 Å². The van der Waals surface area contributed by atoms with Gasteiger partial charge in [-0.1, -0.05) is 24.3 Å². The molecule has 6 nitrogen and oxygen atoms in total. The molecule has 2 aromatic heterocycles. The molecule has 7 heteroatoms. The lowest BCUT2D eigenvalue weighted by Crippen LogP contribution is -2.43. The second-order valence-corrected chi connectivity index (χ2v) is 9.93. The molecule has 2 aliphatic heterocycles. The van der Waals surface area contributed by atoms with E-state index in [1.807, 2.05) is 11.6 Å². The van der Waals surface area contributed by atoms with Crippen LogP contribution in [0.4, 0.5) is 11.4 Å². The standard InChI is InChI=1S/C28H30N6S/c1-5-24(33-14-9-29-10-15-33)6-2-21(1)26-19-23(28-31-13-18-35-28)20-27(32-26)22-3-7-25(8-4-22)34-16-11-30-12-17-34/h1-8,13,18-20,29-30H,9-12,14-17H2. The van der Waals surface area contributed by atoms with Gasteiger partial charge in [0.2, 0.25) is 0 Å². The Morgan fingerprint density at radius 1 is 0.629 bits per heavy atom. The van der Waals surface area contributed by atoms with E-state index in [0.29, 0.717) is 0 Å². The zero-order valence-electron chi connectivity index (χ0n) is 19.8. The van der Waals surface area contributed by atoms with Gasteiger partial charge >= 0.3 is 0 Å². The smallest absolute Gasteiger partial charge is 0.123 e. The number of aromatic nitrogens is 2. The van der Waals surface area contributed by atoms with Crippen LogP contribution in [0.1, 0.15) is 0 Å². The van der Waals surface area contributed by atoms with Crippen molar-refractivity contribution in [2.24, 2.45) is 0 Å². The molecule has 2 N–H and O–H groups in total. The summed E-state index contributed by atoms with van der Waals surface area (Å²) in [6.07, 6.45) is 1.87. The molecule has 2 aromatic carbocycles. The van der Waals surface area contributed by atoms with Crippen LogP contribution in [0, 0.1) is 0 Å². The molecule has 0 amide bonds. The number of pyridine rings is 1. The Bertz CT molecular complexity index is 1160.